The zero-order valence-electron chi connectivity index (χ0n) is 16.6. The van der Waals surface area contributed by atoms with Crippen LogP contribution in [0.15, 0.2) is 70.4 Å². The van der Waals surface area contributed by atoms with Crippen LogP contribution in [0.1, 0.15) is 15.9 Å². The summed E-state index contributed by atoms with van der Waals surface area (Å²) in [6.07, 6.45) is 2.85. The van der Waals surface area contributed by atoms with Crippen molar-refractivity contribution in [1.29, 1.82) is 0 Å². The van der Waals surface area contributed by atoms with Crippen molar-refractivity contribution in [2.24, 2.45) is 0 Å². The number of sulfonamides is 1. The van der Waals surface area contributed by atoms with Crippen molar-refractivity contribution in [3.63, 3.8) is 0 Å². The van der Waals surface area contributed by atoms with Gasteiger partial charge in [0.15, 0.2) is 5.03 Å². The normalized spacial score (nSPS) is 11.5. The third-order valence-electron chi connectivity index (χ3n) is 4.64. The minimum atomic E-state index is -4.10. The van der Waals surface area contributed by atoms with Crippen LogP contribution >= 0.6 is 27.5 Å². The number of amides is 1. The molecule has 0 saturated heterocycles. The highest BCUT2D eigenvalue weighted by atomic mass is 79.9. The molecule has 0 fully saturated rings. The van der Waals surface area contributed by atoms with Crippen LogP contribution < -0.4 is 4.72 Å². The molecular formula is C21H16BrFN4O3S2. The Morgan fingerprint density at radius 1 is 1.19 bits per heavy atom. The lowest BCUT2D eigenvalue weighted by Gasteiger charge is -2.20. The molecular weight excluding hydrogens is 519 g/mol. The van der Waals surface area contributed by atoms with E-state index in [-0.39, 0.29) is 28.6 Å². The van der Waals surface area contributed by atoms with E-state index < -0.39 is 15.9 Å². The second-order valence-electron chi connectivity index (χ2n) is 6.94. The van der Waals surface area contributed by atoms with Crippen LogP contribution in [-0.4, -0.2) is 35.6 Å². The number of hydrogen-bond donors (Lipinski definition) is 1. The number of carbonyl (C=O) groups excluding carboxylic acids is 1. The van der Waals surface area contributed by atoms with E-state index in [2.05, 4.69) is 30.0 Å². The number of nitrogens with one attached hydrogen (secondary N) is 1. The molecule has 4 rings (SSSR count). The number of halogens is 2. The number of hydrogen-bond acceptors (Lipinski definition) is 6. The molecule has 11 heteroatoms. The minimum absolute atomic E-state index is 0.109. The van der Waals surface area contributed by atoms with Crippen molar-refractivity contribution in [3.8, 4) is 0 Å². The number of aromatic nitrogens is 2. The first kappa shape index (κ1) is 22.3. The monoisotopic (exact) mass is 534 g/mol. The summed E-state index contributed by atoms with van der Waals surface area (Å²) in [6.45, 7) is 0.225. The molecule has 0 radical (unpaired) electrons. The van der Waals surface area contributed by atoms with Crippen LogP contribution in [0.3, 0.4) is 0 Å². The molecule has 1 amide bonds. The number of nitrogens with zero attached hydrogens (tertiary/aromatic N) is 3. The fraction of sp³-hybridized carbons (Fsp3) is 0.0952. The quantitative estimate of drug-likeness (QED) is 0.388. The van der Waals surface area contributed by atoms with Crippen molar-refractivity contribution in [3.05, 3.63) is 82.3 Å². The van der Waals surface area contributed by atoms with Crippen LogP contribution in [-0.2, 0) is 16.6 Å². The smallest absolute Gasteiger partial charge is 0.280 e. The summed E-state index contributed by atoms with van der Waals surface area (Å²) in [5.41, 5.74) is 1.01. The van der Waals surface area contributed by atoms with E-state index in [1.807, 2.05) is 0 Å². The maximum atomic E-state index is 13.2. The maximum absolute atomic E-state index is 13.2. The predicted octanol–water partition coefficient (Wildman–Crippen LogP) is 4.67. The maximum Gasteiger partial charge on any atom is 0.280 e. The average Bonchev–Trinajstić information content (AvgIpc) is 3.23. The summed E-state index contributed by atoms with van der Waals surface area (Å²) in [4.78, 5) is 18.6. The Morgan fingerprint density at radius 3 is 2.69 bits per heavy atom. The van der Waals surface area contributed by atoms with Crippen molar-refractivity contribution < 1.29 is 17.6 Å². The number of pyridine rings is 1. The summed E-state index contributed by atoms with van der Waals surface area (Å²) in [5, 5.41) is 0.239. The van der Waals surface area contributed by atoms with E-state index >= 15 is 0 Å². The van der Waals surface area contributed by atoms with Crippen molar-refractivity contribution in [1.82, 2.24) is 14.3 Å². The van der Waals surface area contributed by atoms with Gasteiger partial charge in [0.1, 0.15) is 5.82 Å². The number of rotatable bonds is 6. The third kappa shape index (κ3) is 4.64. The number of benzene rings is 2. The molecule has 0 bridgehead atoms. The Kier molecular flexibility index (Phi) is 6.22. The van der Waals surface area contributed by atoms with Gasteiger partial charge in [-0.1, -0.05) is 28.1 Å². The van der Waals surface area contributed by atoms with Gasteiger partial charge < -0.3 is 4.90 Å². The second kappa shape index (κ2) is 8.93. The predicted molar refractivity (Wildman–Crippen MR) is 125 cm³/mol. The standard InChI is InChI=1S/C21H16BrFN4O3S2/c1-27(12-13-2-5-15(23)6-3-13)21(28)16-7-4-14(22)10-18(16)26-32(29,30)20-17-11-25-31-19(17)8-9-24-20/h2-11,26H,12H2,1H3. The van der Waals surface area contributed by atoms with Crippen LogP contribution in [0.2, 0.25) is 0 Å². The molecule has 4 aromatic rings. The van der Waals surface area contributed by atoms with Crippen molar-refractivity contribution in [2.45, 2.75) is 11.6 Å². The van der Waals surface area contributed by atoms with Gasteiger partial charge in [-0.15, -0.1) is 0 Å². The molecule has 0 aliphatic heterocycles. The topological polar surface area (TPSA) is 92.3 Å². The molecule has 0 atom stereocenters. The number of fused-ring (bicyclic) bond motifs is 1. The zero-order valence-corrected chi connectivity index (χ0v) is 19.8. The van der Waals surface area contributed by atoms with Crippen LogP contribution in [0.4, 0.5) is 10.1 Å². The summed E-state index contributed by atoms with van der Waals surface area (Å²) >= 11 is 4.49. The third-order valence-corrected chi connectivity index (χ3v) is 7.22. The summed E-state index contributed by atoms with van der Waals surface area (Å²) < 4.78 is 47.2. The molecule has 2 aromatic carbocycles. The Bertz CT molecular complexity index is 1410. The van der Waals surface area contributed by atoms with Gasteiger partial charge in [0.25, 0.3) is 15.9 Å². The molecule has 164 valence electrons. The van der Waals surface area contributed by atoms with Crippen molar-refractivity contribution in [2.75, 3.05) is 11.8 Å². The van der Waals surface area contributed by atoms with Crippen LogP contribution in [0, 0.1) is 5.82 Å². The lowest BCUT2D eigenvalue weighted by molar-refractivity contribution is 0.0786. The van der Waals surface area contributed by atoms with Gasteiger partial charge in [0.2, 0.25) is 0 Å². The van der Waals surface area contributed by atoms with Crippen LogP contribution in [0.5, 0.6) is 0 Å². The molecule has 2 heterocycles. The van der Waals surface area contributed by atoms with Gasteiger partial charge in [-0.25, -0.2) is 9.37 Å². The minimum Gasteiger partial charge on any atom is -0.337 e. The first-order valence-electron chi connectivity index (χ1n) is 9.26. The fourth-order valence-corrected chi connectivity index (χ4v) is 5.38. The van der Waals surface area contributed by atoms with Gasteiger partial charge in [0.05, 0.1) is 27.5 Å². The zero-order chi connectivity index (χ0) is 22.9. The SMILES string of the molecule is CN(Cc1ccc(F)cc1)C(=O)c1ccc(Br)cc1NS(=O)(=O)c1nccc2sncc12. The largest absolute Gasteiger partial charge is 0.337 e. The Hall–Kier alpha value is -2.89. The molecule has 2 aromatic heterocycles. The van der Waals surface area contributed by atoms with Gasteiger partial charge in [-0.2, -0.15) is 12.8 Å². The lowest BCUT2D eigenvalue weighted by Crippen LogP contribution is -2.27. The molecule has 0 aliphatic carbocycles. The highest BCUT2D eigenvalue weighted by molar-refractivity contribution is 9.10. The van der Waals surface area contributed by atoms with E-state index in [1.165, 1.54) is 53.1 Å². The molecule has 32 heavy (non-hydrogen) atoms. The first-order chi connectivity index (χ1) is 15.2. The molecule has 0 spiro atoms. The molecule has 1 N–H and O–H groups in total. The van der Waals surface area contributed by atoms with E-state index in [4.69, 9.17) is 0 Å². The summed E-state index contributed by atoms with van der Waals surface area (Å²) in [7, 11) is -2.51. The molecule has 0 aliphatic rings. The number of carbonyl (C=O) groups is 1. The van der Waals surface area contributed by atoms with Crippen molar-refractivity contribution >= 4 is 59.2 Å². The lowest BCUT2D eigenvalue weighted by atomic mass is 10.1. The molecule has 0 unspecified atom stereocenters. The summed E-state index contributed by atoms with van der Waals surface area (Å²) in [5.74, 6) is -0.764. The van der Waals surface area contributed by atoms with Gasteiger partial charge >= 0.3 is 0 Å². The first-order valence-corrected chi connectivity index (χ1v) is 12.3. The van der Waals surface area contributed by atoms with Crippen LogP contribution in [0.25, 0.3) is 10.1 Å². The van der Waals surface area contributed by atoms with Gasteiger partial charge in [-0.3, -0.25) is 9.52 Å². The molecule has 0 saturated carbocycles. The van der Waals surface area contributed by atoms with E-state index in [1.54, 1.807) is 31.3 Å². The highest BCUT2D eigenvalue weighted by Gasteiger charge is 2.24. The Morgan fingerprint density at radius 2 is 1.94 bits per heavy atom. The fourth-order valence-electron chi connectivity index (χ4n) is 3.11. The van der Waals surface area contributed by atoms with E-state index in [0.717, 1.165) is 5.56 Å². The van der Waals surface area contributed by atoms with E-state index in [9.17, 15) is 17.6 Å². The van der Waals surface area contributed by atoms with Gasteiger partial charge in [-0.05, 0) is 53.5 Å². The Labute approximate surface area is 196 Å². The molecule has 7 nitrogen and oxygen atoms in total. The summed E-state index contributed by atoms with van der Waals surface area (Å²) in [6, 6.07) is 12.2. The highest BCUT2D eigenvalue weighted by Crippen LogP contribution is 2.28. The number of anilines is 1. The van der Waals surface area contributed by atoms with Gasteiger partial charge in [0, 0.05) is 24.3 Å². The van der Waals surface area contributed by atoms with E-state index in [0.29, 0.717) is 14.6 Å². The average molecular weight is 535 g/mol. The second-order valence-corrected chi connectivity index (χ2v) is 10.3. The Balaban J connectivity index is 1.65.